The quantitative estimate of drug-likeness (QED) is 0.799. The van der Waals surface area contributed by atoms with Gasteiger partial charge < -0.3 is 14.4 Å². The zero-order valence-electron chi connectivity index (χ0n) is 12.8. The molecule has 4 nitrogen and oxygen atoms in total. The van der Waals surface area contributed by atoms with E-state index in [1.54, 1.807) is 19.1 Å². The Balaban J connectivity index is 2.15. The average Bonchev–Trinajstić information content (AvgIpc) is 2.80. The summed E-state index contributed by atoms with van der Waals surface area (Å²) in [5.41, 5.74) is 1.84. The molecule has 1 aliphatic heterocycles. The molecule has 2 aliphatic carbocycles. The fourth-order valence-corrected chi connectivity index (χ4v) is 3.77. The lowest BCUT2D eigenvalue weighted by atomic mass is 9.78. The number of likely N-dealkylation sites (tertiary alicyclic amines) is 1. The molecule has 1 heterocycles. The van der Waals surface area contributed by atoms with Gasteiger partial charge in [0.2, 0.25) is 0 Å². The van der Waals surface area contributed by atoms with Crippen molar-refractivity contribution in [1.82, 2.24) is 4.90 Å². The summed E-state index contributed by atoms with van der Waals surface area (Å²) in [6, 6.07) is 8.22. The van der Waals surface area contributed by atoms with Gasteiger partial charge in [0.25, 0.3) is 5.91 Å². The summed E-state index contributed by atoms with van der Waals surface area (Å²) in [5, 5.41) is 2.25. The van der Waals surface area contributed by atoms with Crippen LogP contribution in [-0.2, 0) is 14.3 Å². The molecule has 0 spiro atoms. The highest BCUT2D eigenvalue weighted by atomic mass is 16.5. The molecule has 1 saturated heterocycles. The third-order valence-corrected chi connectivity index (χ3v) is 4.78. The summed E-state index contributed by atoms with van der Waals surface area (Å²) in [6.45, 7) is 0. The highest BCUT2D eigenvalue weighted by Crippen LogP contribution is 2.44. The number of rotatable bonds is 2. The van der Waals surface area contributed by atoms with E-state index in [4.69, 9.17) is 9.47 Å². The summed E-state index contributed by atoms with van der Waals surface area (Å²) < 4.78 is 11.1. The number of amides is 1. The van der Waals surface area contributed by atoms with Gasteiger partial charge in [0.1, 0.15) is 0 Å². The largest absolute Gasteiger partial charge is 0.493 e. The van der Waals surface area contributed by atoms with Gasteiger partial charge in [-0.1, -0.05) is 30.3 Å². The van der Waals surface area contributed by atoms with Crippen molar-refractivity contribution < 1.29 is 14.3 Å². The number of benzene rings is 1. The number of methoxy groups -OCH3 is 2. The normalized spacial score (nSPS) is 25.4. The van der Waals surface area contributed by atoms with Crippen LogP contribution in [0.2, 0.25) is 0 Å². The predicted octanol–water partition coefficient (Wildman–Crippen LogP) is 0.533. The van der Waals surface area contributed by atoms with E-state index >= 15 is 0 Å². The zero-order chi connectivity index (χ0) is 15.4. The zero-order valence-corrected chi connectivity index (χ0v) is 12.8. The lowest BCUT2D eigenvalue weighted by Crippen LogP contribution is -2.42. The molecular weight excluding hydrogens is 278 g/mol. The minimum atomic E-state index is 0.0150. The fourth-order valence-electron chi connectivity index (χ4n) is 3.77. The number of carbonyl (C=O) groups excluding carboxylic acids is 1. The minimum Gasteiger partial charge on any atom is -0.493 e. The highest BCUT2D eigenvalue weighted by molar-refractivity contribution is 6.03. The van der Waals surface area contributed by atoms with Gasteiger partial charge in [0.15, 0.2) is 11.5 Å². The summed E-state index contributed by atoms with van der Waals surface area (Å²) in [7, 11) is 5.11. The van der Waals surface area contributed by atoms with Crippen LogP contribution in [0.4, 0.5) is 0 Å². The molecule has 0 bridgehead atoms. The van der Waals surface area contributed by atoms with E-state index in [0.717, 1.165) is 27.3 Å². The lowest BCUT2D eigenvalue weighted by Gasteiger charge is -2.30. The van der Waals surface area contributed by atoms with Crippen LogP contribution in [0.5, 0.6) is 0 Å². The Morgan fingerprint density at radius 3 is 2.64 bits per heavy atom. The van der Waals surface area contributed by atoms with Crippen molar-refractivity contribution in [2.24, 2.45) is 5.92 Å². The van der Waals surface area contributed by atoms with Crippen LogP contribution >= 0.6 is 0 Å². The molecule has 4 heteroatoms. The number of nitrogens with zero attached hydrogens (tertiary/aromatic N) is 1. The Morgan fingerprint density at radius 1 is 1.14 bits per heavy atom. The van der Waals surface area contributed by atoms with Gasteiger partial charge in [-0.05, 0) is 16.5 Å². The van der Waals surface area contributed by atoms with Crippen LogP contribution in [0.15, 0.2) is 47.4 Å². The molecule has 1 aromatic carbocycles. The maximum Gasteiger partial charge on any atom is 0.250 e. The molecule has 0 N–H and O–H groups in total. The molecular formula is C18H17NO3. The first kappa shape index (κ1) is 13.2. The lowest BCUT2D eigenvalue weighted by molar-refractivity contribution is -0.124. The topological polar surface area (TPSA) is 38.8 Å². The standard InChI is InChI=1S/C18H17NO3/c1-19-13-8-10-6-4-5-7-11(10)16-15(13)12(18(19)20)9-14(21-2)17(16)22-3/h4-9,13,15H,1-3H3. The van der Waals surface area contributed by atoms with E-state index in [-0.39, 0.29) is 17.9 Å². The molecule has 0 radical (unpaired) electrons. The Bertz CT molecular complexity index is 863. The van der Waals surface area contributed by atoms with Crippen molar-refractivity contribution in [3.8, 4) is 0 Å². The Hall–Kier alpha value is -2.49. The van der Waals surface area contributed by atoms with Crippen molar-refractivity contribution in [3.05, 3.63) is 57.9 Å². The highest BCUT2D eigenvalue weighted by Gasteiger charge is 2.48. The number of hydrogen-bond donors (Lipinski definition) is 0. The molecule has 2 unspecified atom stereocenters. The van der Waals surface area contributed by atoms with Gasteiger partial charge in [-0.15, -0.1) is 0 Å². The maximum absolute atomic E-state index is 12.6. The minimum absolute atomic E-state index is 0.0150. The van der Waals surface area contributed by atoms with Crippen LogP contribution in [0.3, 0.4) is 0 Å². The number of hydrogen-bond acceptors (Lipinski definition) is 3. The van der Waals surface area contributed by atoms with Gasteiger partial charge in [-0.2, -0.15) is 0 Å². The second kappa shape index (κ2) is 4.50. The molecule has 1 aromatic rings. The number of fused-ring (bicyclic) bond motifs is 1. The molecule has 0 aromatic heterocycles. The monoisotopic (exact) mass is 295 g/mol. The van der Waals surface area contributed by atoms with E-state index in [1.165, 1.54) is 0 Å². The van der Waals surface area contributed by atoms with E-state index in [1.807, 2.05) is 25.3 Å². The fraction of sp³-hybridized carbons (Fsp3) is 0.278. The first-order chi connectivity index (χ1) is 10.7. The van der Waals surface area contributed by atoms with Gasteiger partial charge in [0.05, 0.1) is 20.3 Å². The molecule has 1 amide bonds. The summed E-state index contributed by atoms with van der Waals surface area (Å²) in [6.07, 6.45) is 4.00. The van der Waals surface area contributed by atoms with Crippen molar-refractivity contribution in [3.63, 3.8) is 0 Å². The Morgan fingerprint density at radius 2 is 1.91 bits per heavy atom. The van der Waals surface area contributed by atoms with E-state index in [0.29, 0.717) is 5.76 Å². The SMILES string of the molecule is COC1=C(OC)C2=c3ccccc3=CC3C2C(=C1)C(=O)N3C. The van der Waals surface area contributed by atoms with Crippen LogP contribution in [0.1, 0.15) is 0 Å². The second-order valence-corrected chi connectivity index (χ2v) is 5.75. The third-order valence-electron chi connectivity index (χ3n) is 4.78. The smallest absolute Gasteiger partial charge is 0.250 e. The first-order valence-electron chi connectivity index (χ1n) is 7.30. The molecule has 0 saturated carbocycles. The van der Waals surface area contributed by atoms with Gasteiger partial charge in [-0.25, -0.2) is 0 Å². The number of carbonyl (C=O) groups is 1. The van der Waals surface area contributed by atoms with Crippen molar-refractivity contribution in [1.29, 1.82) is 0 Å². The maximum atomic E-state index is 12.6. The van der Waals surface area contributed by atoms with Crippen LogP contribution in [0.25, 0.3) is 11.6 Å². The molecule has 112 valence electrons. The van der Waals surface area contributed by atoms with Crippen LogP contribution < -0.4 is 10.4 Å². The third kappa shape index (κ3) is 1.49. The van der Waals surface area contributed by atoms with Crippen molar-refractivity contribution in [2.75, 3.05) is 21.3 Å². The number of allylic oxidation sites excluding steroid dienone is 2. The van der Waals surface area contributed by atoms with Gasteiger partial charge >= 0.3 is 0 Å². The molecule has 2 atom stereocenters. The summed E-state index contributed by atoms with van der Waals surface area (Å²) in [5.74, 6) is 1.41. The van der Waals surface area contributed by atoms with Crippen molar-refractivity contribution in [2.45, 2.75) is 6.04 Å². The predicted molar refractivity (Wildman–Crippen MR) is 82.7 cm³/mol. The van der Waals surface area contributed by atoms with E-state index < -0.39 is 0 Å². The van der Waals surface area contributed by atoms with Gasteiger partial charge in [0, 0.05) is 24.1 Å². The Kier molecular flexibility index (Phi) is 2.70. The molecule has 3 aliphatic rings. The number of likely N-dealkylation sites (N-methyl/N-ethyl adjacent to an activating group) is 1. The van der Waals surface area contributed by atoms with Gasteiger partial charge in [-0.3, -0.25) is 4.79 Å². The van der Waals surface area contributed by atoms with E-state index in [9.17, 15) is 4.79 Å². The summed E-state index contributed by atoms with van der Waals surface area (Å²) in [4.78, 5) is 14.4. The summed E-state index contributed by atoms with van der Waals surface area (Å²) >= 11 is 0. The van der Waals surface area contributed by atoms with Crippen LogP contribution in [-0.4, -0.2) is 38.1 Å². The van der Waals surface area contributed by atoms with E-state index in [2.05, 4.69) is 18.2 Å². The average molecular weight is 295 g/mol. The van der Waals surface area contributed by atoms with Crippen LogP contribution in [0, 0.1) is 5.92 Å². The molecule has 22 heavy (non-hydrogen) atoms. The van der Waals surface area contributed by atoms with Crippen molar-refractivity contribution >= 4 is 17.6 Å². The molecule has 1 fully saturated rings. The Labute approximate surface area is 128 Å². The number of ether oxygens (including phenoxy) is 2. The first-order valence-corrected chi connectivity index (χ1v) is 7.30. The molecule has 4 rings (SSSR count). The second-order valence-electron chi connectivity index (χ2n) is 5.75.